The first-order valence-electron chi connectivity index (χ1n) is 8.64. The average Bonchev–Trinajstić information content (AvgIpc) is 3.14. The second kappa shape index (κ2) is 7.82. The second-order valence-corrected chi connectivity index (χ2v) is 9.03. The lowest BCUT2D eigenvalue weighted by Crippen LogP contribution is -2.40. The Balaban J connectivity index is 1.37. The molecule has 1 aliphatic rings. The lowest BCUT2D eigenvalue weighted by Gasteiger charge is -2.25. The van der Waals surface area contributed by atoms with E-state index >= 15 is 0 Å². The molecule has 0 bridgehead atoms. The van der Waals surface area contributed by atoms with Gasteiger partial charge >= 0.3 is 0 Å². The molecular formula is C19H17N3O5S2. The van der Waals surface area contributed by atoms with Gasteiger partial charge in [-0.05, 0) is 29.8 Å². The van der Waals surface area contributed by atoms with Crippen LogP contribution >= 0.6 is 11.3 Å². The summed E-state index contributed by atoms with van der Waals surface area (Å²) in [5.41, 5.74) is 0.902. The van der Waals surface area contributed by atoms with Crippen LogP contribution in [0.3, 0.4) is 0 Å². The molecule has 8 nitrogen and oxygen atoms in total. The van der Waals surface area contributed by atoms with E-state index in [1.54, 1.807) is 30.5 Å². The summed E-state index contributed by atoms with van der Waals surface area (Å²) in [6, 6.07) is 13.5. The summed E-state index contributed by atoms with van der Waals surface area (Å²) in [5.74, 6) is 0.807. The summed E-state index contributed by atoms with van der Waals surface area (Å²) in [6.07, 6.45) is 1.46. The minimum Gasteiger partial charge on any atom is -0.485 e. The number of nitrogens with one attached hydrogen (secondary N) is 1. The largest absolute Gasteiger partial charge is 0.485 e. The molecular weight excluding hydrogens is 414 g/mol. The number of thiazole rings is 1. The first-order chi connectivity index (χ1) is 13.9. The summed E-state index contributed by atoms with van der Waals surface area (Å²) in [6.45, 7) is 0.122. The van der Waals surface area contributed by atoms with Gasteiger partial charge in [0, 0.05) is 17.5 Å². The highest BCUT2D eigenvalue weighted by Gasteiger charge is 2.27. The molecule has 2 aromatic carbocycles. The van der Waals surface area contributed by atoms with Crippen molar-refractivity contribution in [3.05, 3.63) is 65.2 Å². The number of nitrogens with zero attached hydrogens (tertiary/aromatic N) is 1. The molecule has 29 heavy (non-hydrogen) atoms. The number of amides is 1. The summed E-state index contributed by atoms with van der Waals surface area (Å²) < 4.78 is 33.9. The van der Waals surface area contributed by atoms with Crippen molar-refractivity contribution in [3.8, 4) is 11.5 Å². The number of hydrogen-bond donors (Lipinski definition) is 2. The van der Waals surface area contributed by atoms with E-state index in [1.165, 1.54) is 23.5 Å². The maximum absolute atomic E-state index is 12.5. The maximum atomic E-state index is 12.5. The third-order valence-corrected chi connectivity index (χ3v) is 6.06. The molecule has 1 amide bonds. The van der Waals surface area contributed by atoms with E-state index in [9.17, 15) is 13.2 Å². The van der Waals surface area contributed by atoms with Gasteiger partial charge in [-0.3, -0.25) is 10.1 Å². The Bertz CT molecular complexity index is 1140. The number of anilines is 1. The fourth-order valence-corrected chi connectivity index (χ4v) is 4.14. The van der Waals surface area contributed by atoms with E-state index in [0.29, 0.717) is 23.1 Å². The van der Waals surface area contributed by atoms with Crippen LogP contribution in [-0.4, -0.2) is 32.0 Å². The van der Waals surface area contributed by atoms with Crippen LogP contribution in [0.5, 0.6) is 11.5 Å². The molecule has 3 aromatic rings. The van der Waals surface area contributed by atoms with Crippen LogP contribution in [0.25, 0.3) is 0 Å². The summed E-state index contributed by atoms with van der Waals surface area (Å²) in [4.78, 5) is 17.7. The van der Waals surface area contributed by atoms with Crippen molar-refractivity contribution >= 4 is 32.4 Å². The van der Waals surface area contributed by atoms with Crippen LogP contribution in [0.2, 0.25) is 0 Å². The molecule has 1 aromatic heterocycles. The third-order valence-electron chi connectivity index (χ3n) is 4.21. The van der Waals surface area contributed by atoms with Crippen molar-refractivity contribution in [2.45, 2.75) is 17.4 Å². The molecule has 0 spiro atoms. The number of rotatable bonds is 5. The van der Waals surface area contributed by atoms with Gasteiger partial charge in [0.1, 0.15) is 6.61 Å². The first-order valence-corrected chi connectivity index (χ1v) is 11.0. The van der Waals surface area contributed by atoms with Gasteiger partial charge < -0.3 is 9.47 Å². The topological polar surface area (TPSA) is 121 Å². The fourth-order valence-electron chi connectivity index (χ4n) is 2.78. The summed E-state index contributed by atoms with van der Waals surface area (Å²) in [5, 5.41) is 8.30. The number of hydrogen-bond acceptors (Lipinski definition) is 7. The van der Waals surface area contributed by atoms with E-state index in [-0.39, 0.29) is 17.4 Å². The van der Waals surface area contributed by atoms with Crippen molar-refractivity contribution in [1.82, 2.24) is 4.98 Å². The normalized spacial score (nSPS) is 15.7. The Kier molecular flexibility index (Phi) is 5.22. The smallest absolute Gasteiger partial charge is 0.270 e. The van der Waals surface area contributed by atoms with Crippen molar-refractivity contribution in [2.24, 2.45) is 5.14 Å². The monoisotopic (exact) mass is 431 g/mol. The summed E-state index contributed by atoms with van der Waals surface area (Å²) in [7, 11) is -3.71. The van der Waals surface area contributed by atoms with Gasteiger partial charge in [-0.25, -0.2) is 18.5 Å². The Morgan fingerprint density at radius 1 is 1.17 bits per heavy atom. The lowest BCUT2D eigenvalue weighted by atomic mass is 10.1. The molecule has 0 saturated heterocycles. The molecule has 3 N–H and O–H groups in total. The van der Waals surface area contributed by atoms with Crippen LogP contribution in [0.1, 0.15) is 10.4 Å². The van der Waals surface area contributed by atoms with E-state index < -0.39 is 16.1 Å². The number of carbonyl (C=O) groups excluding carboxylic acids is 1. The minimum absolute atomic E-state index is 0.0646. The van der Waals surface area contributed by atoms with Crippen LogP contribution in [0.4, 0.5) is 5.13 Å². The van der Waals surface area contributed by atoms with Crippen LogP contribution in [0.15, 0.2) is 59.6 Å². The average molecular weight is 431 g/mol. The molecule has 0 fully saturated rings. The zero-order chi connectivity index (χ0) is 20.4. The fraction of sp³-hybridized carbons (Fsp3) is 0.158. The van der Waals surface area contributed by atoms with E-state index in [4.69, 9.17) is 14.6 Å². The Morgan fingerprint density at radius 3 is 2.62 bits per heavy atom. The van der Waals surface area contributed by atoms with Crippen molar-refractivity contribution in [1.29, 1.82) is 0 Å². The highest BCUT2D eigenvalue weighted by molar-refractivity contribution is 7.89. The van der Waals surface area contributed by atoms with Gasteiger partial charge in [0.2, 0.25) is 16.1 Å². The van der Waals surface area contributed by atoms with Crippen LogP contribution in [0, 0.1) is 0 Å². The zero-order valence-corrected chi connectivity index (χ0v) is 16.7. The van der Waals surface area contributed by atoms with Crippen LogP contribution in [-0.2, 0) is 21.2 Å². The predicted molar refractivity (Wildman–Crippen MR) is 108 cm³/mol. The SMILES string of the molecule is NS(=O)(=O)c1ccc(Cc2cnc(NC(=O)C3COc4ccccc4O3)s2)cc1. The number of carbonyl (C=O) groups is 1. The van der Waals surface area contributed by atoms with Crippen molar-refractivity contribution < 1.29 is 22.7 Å². The van der Waals surface area contributed by atoms with Gasteiger partial charge in [-0.15, -0.1) is 11.3 Å². The first kappa shape index (κ1) is 19.4. The zero-order valence-electron chi connectivity index (χ0n) is 15.1. The number of benzene rings is 2. The number of aromatic nitrogens is 1. The van der Waals surface area contributed by atoms with E-state index in [0.717, 1.165) is 10.4 Å². The molecule has 1 atom stereocenters. The number of fused-ring (bicyclic) bond motifs is 1. The lowest BCUT2D eigenvalue weighted by molar-refractivity contribution is -0.125. The second-order valence-electron chi connectivity index (χ2n) is 6.35. The molecule has 150 valence electrons. The number of primary sulfonamides is 1. The third kappa shape index (κ3) is 4.56. The number of sulfonamides is 1. The summed E-state index contributed by atoms with van der Waals surface area (Å²) >= 11 is 1.33. The molecule has 1 aliphatic heterocycles. The van der Waals surface area contributed by atoms with Crippen LogP contribution < -0.4 is 19.9 Å². The van der Waals surface area contributed by atoms with Gasteiger partial charge in [0.05, 0.1) is 4.90 Å². The van der Waals surface area contributed by atoms with E-state index in [2.05, 4.69) is 10.3 Å². The van der Waals surface area contributed by atoms with E-state index in [1.807, 2.05) is 12.1 Å². The Hall–Kier alpha value is -2.95. The standard InChI is InChI=1S/C19H17N3O5S2/c20-29(24,25)14-7-5-12(6-8-14)9-13-10-21-19(28-13)22-18(23)17-11-26-15-3-1-2-4-16(15)27-17/h1-8,10,17H,9,11H2,(H2,20,24,25)(H,21,22,23). The molecule has 1 unspecified atom stereocenters. The van der Waals surface area contributed by atoms with Gasteiger partial charge in [0.25, 0.3) is 5.91 Å². The number of ether oxygens (including phenoxy) is 2. The Labute approximate surface area is 171 Å². The number of para-hydroxylation sites is 2. The minimum atomic E-state index is -3.71. The number of nitrogens with two attached hydrogens (primary N) is 1. The highest BCUT2D eigenvalue weighted by Crippen LogP contribution is 2.31. The van der Waals surface area contributed by atoms with Gasteiger partial charge in [-0.2, -0.15) is 0 Å². The molecule has 2 heterocycles. The molecule has 0 aliphatic carbocycles. The highest BCUT2D eigenvalue weighted by atomic mass is 32.2. The van der Waals surface area contributed by atoms with Crippen molar-refractivity contribution in [3.63, 3.8) is 0 Å². The Morgan fingerprint density at radius 2 is 1.90 bits per heavy atom. The molecule has 0 saturated carbocycles. The van der Waals surface area contributed by atoms with Gasteiger partial charge in [0.15, 0.2) is 16.6 Å². The van der Waals surface area contributed by atoms with Crippen molar-refractivity contribution in [2.75, 3.05) is 11.9 Å². The molecule has 10 heteroatoms. The van der Waals surface area contributed by atoms with Gasteiger partial charge in [-0.1, -0.05) is 24.3 Å². The molecule has 0 radical (unpaired) electrons. The maximum Gasteiger partial charge on any atom is 0.270 e. The quantitative estimate of drug-likeness (QED) is 0.639. The molecule has 4 rings (SSSR count). The predicted octanol–water partition coefficient (Wildman–Crippen LogP) is 2.16.